The number of pyridine rings is 1. The van der Waals surface area contributed by atoms with Gasteiger partial charge < -0.3 is 10.6 Å². The average molecular weight is 271 g/mol. The summed E-state index contributed by atoms with van der Waals surface area (Å²) in [5.41, 5.74) is 2.96. The fraction of sp³-hybridized carbons (Fsp3) is 0.143. The molecule has 0 spiro atoms. The maximum atomic E-state index is 11.3. The minimum Gasteiger partial charge on any atom is -0.386 e. The second-order valence-corrected chi connectivity index (χ2v) is 5.19. The van der Waals surface area contributed by atoms with Crippen LogP contribution in [-0.4, -0.2) is 23.7 Å². The summed E-state index contributed by atoms with van der Waals surface area (Å²) in [7, 11) is 1.86. The number of carbonyl (C=O) groups is 1. The van der Waals surface area contributed by atoms with Crippen LogP contribution >= 0.6 is 11.8 Å². The largest absolute Gasteiger partial charge is 0.386 e. The summed E-state index contributed by atoms with van der Waals surface area (Å²) >= 11 is 1.52. The molecule has 0 unspecified atom stereocenters. The number of aromatic nitrogens is 1. The number of fused-ring (bicyclic) bond motifs is 1. The van der Waals surface area contributed by atoms with Crippen molar-refractivity contribution >= 4 is 34.3 Å². The molecule has 0 atom stereocenters. The Labute approximate surface area is 115 Å². The predicted molar refractivity (Wildman–Crippen MR) is 78.3 cm³/mol. The lowest BCUT2D eigenvalue weighted by atomic mass is 10.1. The van der Waals surface area contributed by atoms with Gasteiger partial charge in [0, 0.05) is 24.2 Å². The van der Waals surface area contributed by atoms with Gasteiger partial charge in [0.1, 0.15) is 0 Å². The van der Waals surface area contributed by atoms with Crippen LogP contribution in [0.15, 0.2) is 41.6 Å². The molecule has 4 nitrogen and oxygen atoms in total. The fourth-order valence-corrected chi connectivity index (χ4v) is 2.99. The van der Waals surface area contributed by atoms with Crippen LogP contribution in [0.2, 0.25) is 0 Å². The van der Waals surface area contributed by atoms with Gasteiger partial charge in [-0.25, -0.2) is 0 Å². The summed E-state index contributed by atoms with van der Waals surface area (Å²) in [6.07, 6.45) is 1.78. The predicted octanol–water partition coefficient (Wildman–Crippen LogP) is 1.94. The van der Waals surface area contributed by atoms with Gasteiger partial charge in [-0.05, 0) is 18.2 Å². The van der Waals surface area contributed by atoms with E-state index in [9.17, 15) is 4.79 Å². The van der Waals surface area contributed by atoms with E-state index in [0.29, 0.717) is 5.75 Å². The fourth-order valence-electron chi connectivity index (χ4n) is 2.09. The van der Waals surface area contributed by atoms with Crippen molar-refractivity contribution < 1.29 is 4.79 Å². The number of hydrogen-bond acceptors (Lipinski definition) is 4. The SMILES string of the molecule is CNC(=C1NC(=O)CS1)c1ccc2ncccc2c1. The molecule has 1 saturated heterocycles. The van der Waals surface area contributed by atoms with Crippen LogP contribution in [0.25, 0.3) is 16.6 Å². The maximum absolute atomic E-state index is 11.3. The van der Waals surface area contributed by atoms with Crippen LogP contribution in [0, 0.1) is 0 Å². The molecule has 0 aliphatic carbocycles. The normalized spacial score (nSPS) is 17.4. The molecule has 1 aliphatic rings. The minimum absolute atomic E-state index is 0.0511. The quantitative estimate of drug-likeness (QED) is 0.876. The number of nitrogens with one attached hydrogen (secondary N) is 2. The van der Waals surface area contributed by atoms with E-state index >= 15 is 0 Å². The van der Waals surface area contributed by atoms with Crippen LogP contribution < -0.4 is 10.6 Å². The summed E-state index contributed by atoms with van der Waals surface area (Å²) in [6, 6.07) is 10.0. The third-order valence-corrected chi connectivity index (χ3v) is 3.97. The van der Waals surface area contributed by atoms with E-state index < -0.39 is 0 Å². The molecule has 2 heterocycles. The Morgan fingerprint density at radius 2 is 2.32 bits per heavy atom. The minimum atomic E-state index is 0.0511. The lowest BCUT2D eigenvalue weighted by molar-refractivity contribution is -0.117. The molecule has 1 fully saturated rings. The summed E-state index contributed by atoms with van der Waals surface area (Å²) in [5, 5.41) is 8.02. The Hall–Kier alpha value is -2.01. The van der Waals surface area contributed by atoms with E-state index in [1.165, 1.54) is 11.8 Å². The van der Waals surface area contributed by atoms with Gasteiger partial charge in [0.15, 0.2) is 0 Å². The Morgan fingerprint density at radius 1 is 1.42 bits per heavy atom. The van der Waals surface area contributed by atoms with Gasteiger partial charge in [-0.2, -0.15) is 0 Å². The molecule has 19 heavy (non-hydrogen) atoms. The molecule has 0 saturated carbocycles. The first-order chi connectivity index (χ1) is 9.28. The molecule has 5 heteroatoms. The lowest BCUT2D eigenvalue weighted by Gasteiger charge is -2.11. The van der Waals surface area contributed by atoms with Crippen molar-refractivity contribution in [2.24, 2.45) is 0 Å². The highest BCUT2D eigenvalue weighted by atomic mass is 32.2. The molecule has 2 aromatic rings. The first kappa shape index (κ1) is 12.0. The monoisotopic (exact) mass is 271 g/mol. The van der Waals surface area contributed by atoms with Crippen molar-refractivity contribution in [3.8, 4) is 0 Å². The molecule has 96 valence electrons. The molecule has 1 aromatic carbocycles. The highest BCUT2D eigenvalue weighted by Gasteiger charge is 2.19. The summed E-state index contributed by atoms with van der Waals surface area (Å²) in [6.45, 7) is 0. The number of benzene rings is 1. The molecular weight excluding hydrogens is 258 g/mol. The van der Waals surface area contributed by atoms with Crippen LogP contribution in [0.1, 0.15) is 5.56 Å². The molecular formula is C14H13N3OS. The second-order valence-electron chi connectivity index (χ2n) is 4.20. The third-order valence-electron chi connectivity index (χ3n) is 2.97. The number of thioether (sulfide) groups is 1. The average Bonchev–Trinajstić information content (AvgIpc) is 2.86. The Bertz CT molecular complexity index is 681. The van der Waals surface area contributed by atoms with E-state index in [0.717, 1.165) is 27.2 Å². The molecule has 1 aliphatic heterocycles. The van der Waals surface area contributed by atoms with Gasteiger partial charge in [0.2, 0.25) is 5.91 Å². The van der Waals surface area contributed by atoms with Gasteiger partial charge in [-0.15, -0.1) is 0 Å². The van der Waals surface area contributed by atoms with E-state index in [1.807, 2.05) is 31.3 Å². The molecule has 0 radical (unpaired) electrons. The summed E-state index contributed by atoms with van der Waals surface area (Å²) < 4.78 is 0. The van der Waals surface area contributed by atoms with Gasteiger partial charge in [-0.1, -0.05) is 23.9 Å². The van der Waals surface area contributed by atoms with E-state index in [2.05, 4.69) is 21.7 Å². The van der Waals surface area contributed by atoms with Crippen LogP contribution in [0.5, 0.6) is 0 Å². The highest BCUT2D eigenvalue weighted by molar-refractivity contribution is 8.04. The standard InChI is InChI=1S/C14H13N3OS/c1-15-13(14-17-12(18)8-19-14)10-4-5-11-9(7-10)3-2-6-16-11/h2-7,15H,8H2,1H3,(H,17,18). The molecule has 2 N–H and O–H groups in total. The van der Waals surface area contributed by atoms with Crippen molar-refractivity contribution in [2.75, 3.05) is 12.8 Å². The van der Waals surface area contributed by atoms with Crippen molar-refractivity contribution in [3.63, 3.8) is 0 Å². The second kappa shape index (κ2) is 4.93. The van der Waals surface area contributed by atoms with Gasteiger partial charge in [0.25, 0.3) is 0 Å². The van der Waals surface area contributed by atoms with Crippen molar-refractivity contribution in [3.05, 3.63) is 47.1 Å². The Kier molecular flexibility index (Phi) is 3.13. The Balaban J connectivity index is 2.09. The number of amides is 1. The number of rotatable bonds is 2. The lowest BCUT2D eigenvalue weighted by Crippen LogP contribution is -2.18. The van der Waals surface area contributed by atoms with Crippen LogP contribution in [0.4, 0.5) is 0 Å². The molecule has 1 amide bonds. The van der Waals surface area contributed by atoms with E-state index in [-0.39, 0.29) is 5.91 Å². The third kappa shape index (κ3) is 2.29. The van der Waals surface area contributed by atoms with Crippen molar-refractivity contribution in [1.29, 1.82) is 0 Å². The zero-order chi connectivity index (χ0) is 13.2. The van der Waals surface area contributed by atoms with Crippen LogP contribution in [0.3, 0.4) is 0 Å². The summed E-state index contributed by atoms with van der Waals surface area (Å²) in [4.78, 5) is 15.6. The topological polar surface area (TPSA) is 54.0 Å². The van der Waals surface area contributed by atoms with Gasteiger partial charge >= 0.3 is 0 Å². The highest BCUT2D eigenvalue weighted by Crippen LogP contribution is 2.28. The smallest absolute Gasteiger partial charge is 0.235 e. The zero-order valence-corrected chi connectivity index (χ0v) is 11.3. The number of nitrogens with zero attached hydrogens (tertiary/aromatic N) is 1. The first-order valence-corrected chi connectivity index (χ1v) is 6.96. The van der Waals surface area contributed by atoms with E-state index in [4.69, 9.17) is 0 Å². The maximum Gasteiger partial charge on any atom is 0.235 e. The summed E-state index contributed by atoms with van der Waals surface area (Å²) in [5.74, 6) is 0.533. The molecule has 1 aromatic heterocycles. The zero-order valence-electron chi connectivity index (χ0n) is 10.4. The Morgan fingerprint density at radius 3 is 3.05 bits per heavy atom. The number of hydrogen-bond donors (Lipinski definition) is 2. The van der Waals surface area contributed by atoms with Crippen LogP contribution in [-0.2, 0) is 4.79 Å². The van der Waals surface area contributed by atoms with E-state index in [1.54, 1.807) is 6.20 Å². The molecule has 3 rings (SSSR count). The van der Waals surface area contributed by atoms with Gasteiger partial charge in [0.05, 0.1) is 22.0 Å². The molecule has 0 bridgehead atoms. The number of carbonyl (C=O) groups excluding carboxylic acids is 1. The van der Waals surface area contributed by atoms with Crippen molar-refractivity contribution in [2.45, 2.75) is 0 Å². The van der Waals surface area contributed by atoms with Gasteiger partial charge in [-0.3, -0.25) is 9.78 Å². The first-order valence-electron chi connectivity index (χ1n) is 5.98. The van der Waals surface area contributed by atoms with Crippen molar-refractivity contribution in [1.82, 2.24) is 15.6 Å².